The van der Waals surface area contributed by atoms with Gasteiger partial charge >= 0.3 is 0 Å². The van der Waals surface area contributed by atoms with Gasteiger partial charge in [-0.1, -0.05) is 18.2 Å². The molecule has 0 aliphatic heterocycles. The molecular formula is C12H17NO3. The van der Waals surface area contributed by atoms with Gasteiger partial charge in [0.15, 0.2) is 0 Å². The van der Waals surface area contributed by atoms with Crippen LogP contribution in [-0.4, -0.2) is 17.1 Å². The predicted molar refractivity (Wildman–Crippen MR) is 62.5 cm³/mol. The Labute approximate surface area is 95.4 Å². The zero-order valence-corrected chi connectivity index (χ0v) is 9.84. The Morgan fingerprint density at radius 1 is 1.31 bits per heavy atom. The Balaban J connectivity index is 2.76. The topological polar surface area (TPSA) is 52.4 Å². The first-order valence-electron chi connectivity index (χ1n) is 5.38. The van der Waals surface area contributed by atoms with E-state index in [1.54, 1.807) is 12.1 Å². The van der Waals surface area contributed by atoms with Crippen molar-refractivity contribution in [3.63, 3.8) is 0 Å². The van der Waals surface area contributed by atoms with Crippen LogP contribution in [0.4, 0.5) is 5.69 Å². The van der Waals surface area contributed by atoms with Crippen LogP contribution in [0.2, 0.25) is 0 Å². The van der Waals surface area contributed by atoms with Crippen molar-refractivity contribution in [2.75, 3.05) is 0 Å². The average molecular weight is 223 g/mol. The van der Waals surface area contributed by atoms with Crippen LogP contribution in [0.25, 0.3) is 0 Å². The van der Waals surface area contributed by atoms with Gasteiger partial charge < -0.3 is 4.74 Å². The summed E-state index contributed by atoms with van der Waals surface area (Å²) in [6, 6.07) is 6.79. The highest BCUT2D eigenvalue weighted by Gasteiger charge is 2.15. The molecule has 0 aliphatic rings. The molecule has 1 rings (SSSR count). The van der Waals surface area contributed by atoms with Crippen molar-refractivity contribution < 1.29 is 9.66 Å². The zero-order valence-electron chi connectivity index (χ0n) is 9.84. The minimum absolute atomic E-state index is 0.0129. The van der Waals surface area contributed by atoms with E-state index in [2.05, 4.69) is 0 Å². The molecule has 0 saturated carbocycles. The first kappa shape index (κ1) is 12.6. The SMILES string of the molecule is CC(C)OC(C)Cc1ccccc1[N+](=O)[O-]. The lowest BCUT2D eigenvalue weighted by molar-refractivity contribution is -0.385. The number of nitrogens with zero attached hydrogens (tertiary/aromatic N) is 1. The molecule has 0 N–H and O–H groups in total. The van der Waals surface area contributed by atoms with Crippen molar-refractivity contribution in [1.29, 1.82) is 0 Å². The molecule has 0 spiro atoms. The Hall–Kier alpha value is -1.42. The molecule has 0 amide bonds. The molecule has 1 aromatic carbocycles. The fraction of sp³-hybridized carbons (Fsp3) is 0.500. The number of nitro benzene ring substituents is 1. The Morgan fingerprint density at radius 2 is 1.94 bits per heavy atom. The maximum absolute atomic E-state index is 10.8. The summed E-state index contributed by atoms with van der Waals surface area (Å²) in [7, 11) is 0. The fourth-order valence-corrected chi connectivity index (χ4v) is 1.68. The fourth-order valence-electron chi connectivity index (χ4n) is 1.68. The van der Waals surface area contributed by atoms with Crippen molar-refractivity contribution in [2.45, 2.75) is 39.4 Å². The lowest BCUT2D eigenvalue weighted by Crippen LogP contribution is -2.17. The minimum Gasteiger partial charge on any atom is -0.376 e. The molecule has 1 atom stereocenters. The van der Waals surface area contributed by atoms with Gasteiger partial charge in [0.25, 0.3) is 5.69 Å². The van der Waals surface area contributed by atoms with Crippen molar-refractivity contribution >= 4 is 5.69 Å². The van der Waals surface area contributed by atoms with Crippen molar-refractivity contribution in [1.82, 2.24) is 0 Å². The third-order valence-corrected chi connectivity index (χ3v) is 2.20. The molecule has 1 aromatic rings. The molecule has 0 saturated heterocycles. The maximum atomic E-state index is 10.8. The van der Waals surface area contributed by atoms with Gasteiger partial charge in [0, 0.05) is 18.1 Å². The molecule has 0 aliphatic carbocycles. The number of benzene rings is 1. The largest absolute Gasteiger partial charge is 0.376 e. The van der Waals surface area contributed by atoms with E-state index >= 15 is 0 Å². The standard InChI is InChI=1S/C12H17NO3/c1-9(2)16-10(3)8-11-6-4-5-7-12(11)13(14)15/h4-7,9-10H,8H2,1-3H3. The minimum atomic E-state index is -0.350. The van der Waals surface area contributed by atoms with Crippen LogP contribution in [0.5, 0.6) is 0 Å². The second kappa shape index (κ2) is 5.61. The summed E-state index contributed by atoms with van der Waals surface area (Å²) in [5.41, 5.74) is 0.891. The van der Waals surface area contributed by atoms with E-state index in [4.69, 9.17) is 4.74 Å². The summed E-state index contributed by atoms with van der Waals surface area (Å²) in [6.07, 6.45) is 0.689. The normalized spacial score (nSPS) is 12.8. The molecular weight excluding hydrogens is 206 g/mol. The van der Waals surface area contributed by atoms with Crippen molar-refractivity contribution in [2.24, 2.45) is 0 Å². The first-order chi connectivity index (χ1) is 7.50. The molecule has 88 valence electrons. The molecule has 4 nitrogen and oxygen atoms in total. The Kier molecular flexibility index (Phi) is 4.43. The molecule has 0 fully saturated rings. The monoisotopic (exact) mass is 223 g/mol. The number of para-hydroxylation sites is 1. The zero-order chi connectivity index (χ0) is 12.1. The number of hydrogen-bond donors (Lipinski definition) is 0. The lowest BCUT2D eigenvalue weighted by Gasteiger charge is -2.15. The van der Waals surface area contributed by atoms with Crippen LogP contribution in [0.1, 0.15) is 26.3 Å². The molecule has 4 heteroatoms. The smallest absolute Gasteiger partial charge is 0.272 e. The van der Waals surface area contributed by atoms with E-state index < -0.39 is 0 Å². The van der Waals surface area contributed by atoms with Gasteiger partial charge in [-0.25, -0.2) is 0 Å². The van der Waals surface area contributed by atoms with Crippen LogP contribution in [-0.2, 0) is 11.2 Å². The van der Waals surface area contributed by atoms with Gasteiger partial charge in [0.05, 0.1) is 17.1 Å². The Bertz CT molecular complexity index is 363. The highest BCUT2D eigenvalue weighted by molar-refractivity contribution is 5.40. The number of ether oxygens (including phenoxy) is 1. The summed E-state index contributed by atoms with van der Waals surface area (Å²) >= 11 is 0. The highest BCUT2D eigenvalue weighted by atomic mass is 16.6. The van der Waals surface area contributed by atoms with Gasteiger partial charge in [-0.15, -0.1) is 0 Å². The number of nitro groups is 1. The van der Waals surface area contributed by atoms with Crippen LogP contribution >= 0.6 is 0 Å². The molecule has 0 aromatic heterocycles. The molecule has 0 heterocycles. The van der Waals surface area contributed by atoms with E-state index in [-0.39, 0.29) is 22.8 Å². The third-order valence-electron chi connectivity index (χ3n) is 2.20. The third kappa shape index (κ3) is 3.62. The van der Waals surface area contributed by atoms with E-state index in [1.165, 1.54) is 6.07 Å². The number of rotatable bonds is 5. The van der Waals surface area contributed by atoms with Gasteiger partial charge in [-0.05, 0) is 20.8 Å². The summed E-state index contributed by atoms with van der Waals surface area (Å²) in [6.45, 7) is 5.84. The van der Waals surface area contributed by atoms with Crippen LogP contribution in [0, 0.1) is 10.1 Å². The summed E-state index contributed by atoms with van der Waals surface area (Å²) < 4.78 is 5.57. The van der Waals surface area contributed by atoms with Crippen LogP contribution < -0.4 is 0 Å². The van der Waals surface area contributed by atoms with E-state index in [9.17, 15) is 10.1 Å². The second-order valence-electron chi connectivity index (χ2n) is 4.09. The predicted octanol–water partition coefficient (Wildman–Crippen LogP) is 2.95. The van der Waals surface area contributed by atoms with Crippen molar-refractivity contribution in [3.8, 4) is 0 Å². The quantitative estimate of drug-likeness (QED) is 0.569. The highest BCUT2D eigenvalue weighted by Crippen LogP contribution is 2.20. The Morgan fingerprint density at radius 3 is 2.50 bits per heavy atom. The van der Waals surface area contributed by atoms with Crippen LogP contribution in [0.15, 0.2) is 24.3 Å². The van der Waals surface area contributed by atoms with Gasteiger partial charge in [0.2, 0.25) is 0 Å². The van der Waals surface area contributed by atoms with E-state index in [0.29, 0.717) is 6.42 Å². The molecule has 1 unspecified atom stereocenters. The van der Waals surface area contributed by atoms with Gasteiger partial charge in [0.1, 0.15) is 0 Å². The molecule has 0 radical (unpaired) electrons. The van der Waals surface area contributed by atoms with Crippen molar-refractivity contribution in [3.05, 3.63) is 39.9 Å². The second-order valence-corrected chi connectivity index (χ2v) is 4.09. The molecule has 0 bridgehead atoms. The van der Waals surface area contributed by atoms with Crippen LogP contribution in [0.3, 0.4) is 0 Å². The molecule has 16 heavy (non-hydrogen) atoms. The number of hydrogen-bond acceptors (Lipinski definition) is 3. The maximum Gasteiger partial charge on any atom is 0.272 e. The summed E-state index contributed by atoms with van der Waals surface area (Å²) in [4.78, 5) is 10.4. The van der Waals surface area contributed by atoms with Gasteiger partial charge in [-0.2, -0.15) is 0 Å². The lowest BCUT2D eigenvalue weighted by atomic mass is 10.1. The van der Waals surface area contributed by atoms with Gasteiger partial charge in [-0.3, -0.25) is 10.1 Å². The summed E-state index contributed by atoms with van der Waals surface area (Å²) in [5, 5.41) is 10.8. The van der Waals surface area contributed by atoms with E-state index in [0.717, 1.165) is 5.56 Å². The summed E-state index contributed by atoms with van der Waals surface area (Å²) in [5.74, 6) is 0. The van der Waals surface area contributed by atoms with E-state index in [1.807, 2.05) is 26.8 Å². The first-order valence-corrected chi connectivity index (χ1v) is 5.38. The average Bonchev–Trinajstić information content (AvgIpc) is 2.16.